The summed E-state index contributed by atoms with van der Waals surface area (Å²) in [5.74, 6) is -0.282. The lowest BCUT2D eigenvalue weighted by Crippen LogP contribution is -2.37. The fourth-order valence-electron chi connectivity index (χ4n) is 1.54. The van der Waals surface area contributed by atoms with Crippen molar-refractivity contribution in [2.24, 2.45) is 0 Å². The number of methoxy groups -OCH3 is 1. The Kier molecular flexibility index (Phi) is 1.39. The molecule has 2 rings (SSSR count). The van der Waals surface area contributed by atoms with Crippen LogP contribution in [0.4, 0.5) is 0 Å². The fraction of sp³-hybridized carbons (Fsp3) is 0.833. The van der Waals surface area contributed by atoms with Gasteiger partial charge in [-0.25, -0.2) is 15.2 Å². The van der Waals surface area contributed by atoms with Crippen LogP contribution >= 0.6 is 11.6 Å². The molecule has 5 heteroatoms. The number of rotatable bonds is 1. The van der Waals surface area contributed by atoms with Crippen LogP contribution in [-0.4, -0.2) is 35.7 Å². The van der Waals surface area contributed by atoms with Crippen molar-refractivity contribution in [3.8, 4) is 0 Å². The summed E-state index contributed by atoms with van der Waals surface area (Å²) < 4.78 is 4.62. The Morgan fingerprint density at radius 2 is 2.64 bits per heavy atom. The van der Waals surface area contributed by atoms with Crippen molar-refractivity contribution in [3.05, 3.63) is 0 Å². The van der Waals surface area contributed by atoms with E-state index in [4.69, 9.17) is 11.6 Å². The Hall–Kier alpha value is -0.320. The molecule has 0 aromatic heterocycles. The van der Waals surface area contributed by atoms with Crippen LogP contribution in [0.25, 0.3) is 0 Å². The lowest BCUT2D eigenvalue weighted by molar-refractivity contribution is -0.144. The van der Waals surface area contributed by atoms with Crippen LogP contribution in [0.2, 0.25) is 0 Å². The van der Waals surface area contributed by atoms with Crippen LogP contribution in [0, 0.1) is 0 Å². The molecular weight excluding hydrogens is 168 g/mol. The van der Waals surface area contributed by atoms with Gasteiger partial charge in [0.15, 0.2) is 0 Å². The third kappa shape index (κ3) is 0.745. The molecule has 0 aromatic rings. The minimum absolute atomic E-state index is 0.157. The molecule has 2 saturated heterocycles. The number of fused-ring (bicyclic) bond motifs is 1. The van der Waals surface area contributed by atoms with Gasteiger partial charge in [0, 0.05) is 6.54 Å². The van der Waals surface area contributed by atoms with E-state index in [1.807, 2.05) is 5.01 Å². The molecular formula is C6H9ClN2O2. The topological polar surface area (TPSA) is 51.2 Å². The first-order chi connectivity index (χ1) is 5.21. The molecule has 1 N–H and O–H groups in total. The van der Waals surface area contributed by atoms with Crippen molar-refractivity contribution in [2.75, 3.05) is 13.7 Å². The summed E-state index contributed by atoms with van der Waals surface area (Å²) in [5.41, 5.74) is 2.22. The molecule has 62 valence electrons. The Morgan fingerprint density at radius 1 is 1.91 bits per heavy atom. The van der Waals surface area contributed by atoms with Gasteiger partial charge in [0.25, 0.3) is 0 Å². The number of ether oxygens (including phenoxy) is 1. The van der Waals surface area contributed by atoms with Crippen LogP contribution < -0.4 is 5.43 Å². The predicted molar refractivity (Wildman–Crippen MR) is 38.8 cm³/mol. The molecule has 4 nitrogen and oxygen atoms in total. The van der Waals surface area contributed by atoms with Gasteiger partial charge in [0.2, 0.25) is 5.66 Å². The maximum absolute atomic E-state index is 11.2. The average molecular weight is 177 g/mol. The molecule has 3 atom stereocenters. The first-order valence-electron chi connectivity index (χ1n) is 3.50. The van der Waals surface area contributed by atoms with Gasteiger partial charge in [-0.3, -0.25) is 0 Å². The molecule has 0 aliphatic carbocycles. The summed E-state index contributed by atoms with van der Waals surface area (Å²) in [4.78, 5) is 11.2. The number of hydrazine groups is 1. The maximum atomic E-state index is 11.2. The van der Waals surface area contributed by atoms with Gasteiger partial charge < -0.3 is 4.74 Å². The molecule has 2 unspecified atom stereocenters. The number of halogens is 1. The number of alkyl halides is 1. The monoisotopic (exact) mass is 176 g/mol. The summed E-state index contributed by atoms with van der Waals surface area (Å²) in [5, 5.41) is 1.66. The van der Waals surface area contributed by atoms with Gasteiger partial charge in [-0.15, -0.1) is 11.6 Å². The van der Waals surface area contributed by atoms with Crippen molar-refractivity contribution >= 4 is 17.6 Å². The Balaban J connectivity index is 2.18. The number of nitrogens with one attached hydrogen (secondary N) is 1. The summed E-state index contributed by atoms with van der Waals surface area (Å²) in [6.07, 6.45) is 0.837. The molecule has 2 heterocycles. The minimum Gasteiger partial charge on any atom is -0.467 e. The normalized spacial score (nSPS) is 46.7. The van der Waals surface area contributed by atoms with E-state index < -0.39 is 5.66 Å². The summed E-state index contributed by atoms with van der Waals surface area (Å²) in [6.45, 7) is 0.823. The zero-order valence-corrected chi connectivity index (χ0v) is 6.89. The van der Waals surface area contributed by atoms with E-state index in [0.717, 1.165) is 13.0 Å². The van der Waals surface area contributed by atoms with Crippen molar-refractivity contribution in [1.82, 2.24) is 10.4 Å². The molecule has 0 aromatic carbocycles. The minimum atomic E-state index is -0.684. The zero-order chi connectivity index (χ0) is 8.06. The van der Waals surface area contributed by atoms with Crippen molar-refractivity contribution in [1.29, 1.82) is 0 Å². The van der Waals surface area contributed by atoms with Crippen LogP contribution in [-0.2, 0) is 9.53 Å². The average Bonchev–Trinajstić information content (AvgIpc) is 2.68. The third-order valence-electron chi connectivity index (χ3n) is 2.24. The molecule has 0 spiro atoms. The highest BCUT2D eigenvalue weighted by molar-refractivity contribution is 6.24. The molecule has 2 aliphatic rings. The molecule has 0 amide bonds. The van der Waals surface area contributed by atoms with Crippen molar-refractivity contribution in [2.45, 2.75) is 17.5 Å². The fourth-order valence-corrected chi connectivity index (χ4v) is 1.90. The van der Waals surface area contributed by atoms with E-state index in [2.05, 4.69) is 10.2 Å². The SMILES string of the molecule is COC(=O)[C@@]12NN1CCC2Cl. The van der Waals surface area contributed by atoms with Gasteiger partial charge in [0.1, 0.15) is 0 Å². The zero-order valence-electron chi connectivity index (χ0n) is 6.13. The van der Waals surface area contributed by atoms with Gasteiger partial charge in [0.05, 0.1) is 12.5 Å². The lowest BCUT2D eigenvalue weighted by atomic mass is 10.1. The van der Waals surface area contributed by atoms with Crippen molar-refractivity contribution in [3.63, 3.8) is 0 Å². The molecule has 2 fully saturated rings. The van der Waals surface area contributed by atoms with Gasteiger partial charge >= 0.3 is 5.97 Å². The smallest absolute Gasteiger partial charge is 0.345 e. The summed E-state index contributed by atoms with van der Waals surface area (Å²) in [6, 6.07) is 0. The van der Waals surface area contributed by atoms with Crippen LogP contribution in [0.15, 0.2) is 0 Å². The largest absolute Gasteiger partial charge is 0.467 e. The molecule has 2 aliphatic heterocycles. The number of hydrogen-bond acceptors (Lipinski definition) is 4. The molecule has 0 bridgehead atoms. The number of esters is 1. The number of hydrogen-bond donors (Lipinski definition) is 1. The first-order valence-corrected chi connectivity index (χ1v) is 3.93. The Labute approximate surface area is 69.4 Å². The van der Waals surface area contributed by atoms with Gasteiger partial charge in [-0.05, 0) is 6.42 Å². The highest BCUT2D eigenvalue weighted by Gasteiger charge is 2.67. The quantitative estimate of drug-likeness (QED) is 0.338. The number of nitrogens with zero attached hydrogens (tertiary/aromatic N) is 1. The summed E-state index contributed by atoms with van der Waals surface area (Å²) >= 11 is 5.93. The highest BCUT2D eigenvalue weighted by Crippen LogP contribution is 2.41. The van der Waals surface area contributed by atoms with Crippen LogP contribution in [0.3, 0.4) is 0 Å². The lowest BCUT2D eigenvalue weighted by Gasteiger charge is -2.09. The molecule has 11 heavy (non-hydrogen) atoms. The third-order valence-corrected chi connectivity index (χ3v) is 2.77. The Morgan fingerprint density at radius 3 is 3.00 bits per heavy atom. The van der Waals surface area contributed by atoms with E-state index >= 15 is 0 Å². The standard InChI is InChI=1S/C6H9ClN2O2/c1-11-5(10)6-4(7)2-3-9(6)8-6/h4,8H,2-3H2,1H3/t4?,6-,9?/m0/s1. The second-order valence-electron chi connectivity index (χ2n) is 2.78. The maximum Gasteiger partial charge on any atom is 0.345 e. The van der Waals surface area contributed by atoms with Gasteiger partial charge in [-0.2, -0.15) is 0 Å². The highest BCUT2D eigenvalue weighted by atomic mass is 35.5. The van der Waals surface area contributed by atoms with E-state index in [-0.39, 0.29) is 11.3 Å². The van der Waals surface area contributed by atoms with Gasteiger partial charge in [-0.1, -0.05) is 0 Å². The van der Waals surface area contributed by atoms with E-state index in [9.17, 15) is 4.79 Å². The van der Waals surface area contributed by atoms with E-state index in [1.165, 1.54) is 7.11 Å². The number of carbonyl (C=O) groups is 1. The van der Waals surface area contributed by atoms with Crippen LogP contribution in [0.5, 0.6) is 0 Å². The molecule has 0 saturated carbocycles. The number of carbonyl (C=O) groups excluding carboxylic acids is 1. The first kappa shape index (κ1) is 7.34. The van der Waals surface area contributed by atoms with Crippen molar-refractivity contribution < 1.29 is 9.53 Å². The Bertz CT molecular complexity index is 211. The second kappa shape index (κ2) is 2.09. The second-order valence-corrected chi connectivity index (χ2v) is 3.30. The van der Waals surface area contributed by atoms with Crippen LogP contribution in [0.1, 0.15) is 6.42 Å². The van der Waals surface area contributed by atoms with E-state index in [0.29, 0.717) is 0 Å². The predicted octanol–water partition coefficient (Wildman–Crippen LogP) is -0.313. The van der Waals surface area contributed by atoms with E-state index in [1.54, 1.807) is 0 Å². The molecule has 0 radical (unpaired) electrons. The summed E-state index contributed by atoms with van der Waals surface area (Å²) in [7, 11) is 1.37.